The SMILES string of the molecule is O=C(c1cccnn1)N1CCC2(CC1)OCCc1ccsc12. The van der Waals surface area contributed by atoms with Gasteiger partial charge in [0.15, 0.2) is 5.69 Å². The van der Waals surface area contributed by atoms with E-state index in [2.05, 4.69) is 21.6 Å². The van der Waals surface area contributed by atoms with Gasteiger partial charge >= 0.3 is 0 Å². The Morgan fingerprint density at radius 1 is 1.32 bits per heavy atom. The van der Waals surface area contributed by atoms with Crippen molar-refractivity contribution < 1.29 is 9.53 Å². The van der Waals surface area contributed by atoms with Gasteiger partial charge in [-0.15, -0.1) is 16.4 Å². The van der Waals surface area contributed by atoms with Crippen molar-refractivity contribution in [3.63, 3.8) is 0 Å². The molecule has 1 fully saturated rings. The van der Waals surface area contributed by atoms with E-state index in [4.69, 9.17) is 4.74 Å². The third-order valence-electron chi connectivity index (χ3n) is 4.56. The maximum atomic E-state index is 12.5. The molecule has 1 spiro atoms. The van der Waals surface area contributed by atoms with Crippen molar-refractivity contribution in [2.24, 2.45) is 0 Å². The van der Waals surface area contributed by atoms with E-state index in [0.717, 1.165) is 25.9 Å². The van der Waals surface area contributed by atoms with E-state index in [9.17, 15) is 4.79 Å². The van der Waals surface area contributed by atoms with Crippen LogP contribution in [-0.2, 0) is 16.8 Å². The van der Waals surface area contributed by atoms with Gasteiger partial charge in [-0.05, 0) is 48.4 Å². The van der Waals surface area contributed by atoms with Gasteiger partial charge in [-0.3, -0.25) is 4.79 Å². The van der Waals surface area contributed by atoms with Crippen LogP contribution in [0.1, 0.15) is 33.8 Å². The molecule has 0 saturated carbocycles. The average molecular weight is 315 g/mol. The van der Waals surface area contributed by atoms with Crippen LogP contribution in [0.15, 0.2) is 29.8 Å². The number of hydrogen-bond donors (Lipinski definition) is 0. The lowest BCUT2D eigenvalue weighted by molar-refractivity contribution is -0.0906. The molecule has 2 aliphatic heterocycles. The maximum Gasteiger partial charge on any atom is 0.274 e. The van der Waals surface area contributed by atoms with Crippen LogP contribution in [0.5, 0.6) is 0 Å². The number of amides is 1. The number of nitrogens with zero attached hydrogens (tertiary/aromatic N) is 3. The highest BCUT2D eigenvalue weighted by Crippen LogP contribution is 2.44. The van der Waals surface area contributed by atoms with E-state index in [1.54, 1.807) is 29.7 Å². The van der Waals surface area contributed by atoms with Gasteiger partial charge in [0.2, 0.25) is 0 Å². The van der Waals surface area contributed by atoms with Crippen molar-refractivity contribution in [1.82, 2.24) is 15.1 Å². The van der Waals surface area contributed by atoms with Crippen LogP contribution in [0.25, 0.3) is 0 Å². The molecule has 0 aromatic carbocycles. The number of rotatable bonds is 1. The van der Waals surface area contributed by atoms with Gasteiger partial charge in [0.25, 0.3) is 5.91 Å². The Morgan fingerprint density at radius 3 is 2.95 bits per heavy atom. The molecule has 2 aromatic heterocycles. The molecule has 5 nitrogen and oxygen atoms in total. The molecule has 0 bridgehead atoms. The van der Waals surface area contributed by atoms with Crippen molar-refractivity contribution in [2.75, 3.05) is 19.7 Å². The predicted octanol–water partition coefficient (Wildman–Crippen LogP) is 2.24. The molecule has 114 valence electrons. The summed E-state index contributed by atoms with van der Waals surface area (Å²) >= 11 is 1.79. The minimum Gasteiger partial charge on any atom is -0.369 e. The highest BCUT2D eigenvalue weighted by molar-refractivity contribution is 7.10. The Kier molecular flexibility index (Phi) is 3.43. The summed E-state index contributed by atoms with van der Waals surface area (Å²) in [4.78, 5) is 15.7. The summed E-state index contributed by atoms with van der Waals surface area (Å²) in [6, 6.07) is 5.67. The zero-order valence-electron chi connectivity index (χ0n) is 12.2. The number of piperidine rings is 1. The molecular formula is C16H17N3O2S. The fraction of sp³-hybridized carbons (Fsp3) is 0.438. The summed E-state index contributed by atoms with van der Waals surface area (Å²) in [6.07, 6.45) is 4.29. The van der Waals surface area contributed by atoms with Crippen molar-refractivity contribution in [1.29, 1.82) is 0 Å². The number of thiophene rings is 1. The summed E-state index contributed by atoms with van der Waals surface area (Å²) in [5, 5.41) is 9.85. The largest absolute Gasteiger partial charge is 0.369 e. The zero-order valence-corrected chi connectivity index (χ0v) is 13.0. The van der Waals surface area contributed by atoms with E-state index < -0.39 is 0 Å². The average Bonchev–Trinajstić information content (AvgIpc) is 3.06. The number of ether oxygens (including phenoxy) is 1. The molecule has 0 aliphatic carbocycles. The van der Waals surface area contributed by atoms with Crippen LogP contribution in [0.4, 0.5) is 0 Å². The van der Waals surface area contributed by atoms with Gasteiger partial charge in [0.05, 0.1) is 6.61 Å². The van der Waals surface area contributed by atoms with Crippen LogP contribution >= 0.6 is 11.3 Å². The molecule has 4 heterocycles. The van der Waals surface area contributed by atoms with E-state index in [-0.39, 0.29) is 11.5 Å². The number of likely N-dealkylation sites (tertiary alicyclic amines) is 1. The quantitative estimate of drug-likeness (QED) is 0.810. The number of hydrogen-bond acceptors (Lipinski definition) is 5. The number of aromatic nitrogens is 2. The molecule has 4 rings (SSSR count). The first-order valence-corrected chi connectivity index (χ1v) is 8.44. The topological polar surface area (TPSA) is 55.3 Å². The number of carbonyl (C=O) groups is 1. The summed E-state index contributed by atoms with van der Waals surface area (Å²) in [6.45, 7) is 2.18. The van der Waals surface area contributed by atoms with Gasteiger partial charge < -0.3 is 9.64 Å². The summed E-state index contributed by atoms with van der Waals surface area (Å²) < 4.78 is 6.17. The van der Waals surface area contributed by atoms with Crippen molar-refractivity contribution in [2.45, 2.75) is 24.9 Å². The molecule has 0 unspecified atom stereocenters. The minimum absolute atomic E-state index is 0.0369. The van der Waals surface area contributed by atoms with Crippen LogP contribution < -0.4 is 0 Å². The summed E-state index contributed by atoms with van der Waals surface area (Å²) in [5.41, 5.74) is 1.66. The summed E-state index contributed by atoms with van der Waals surface area (Å²) in [7, 11) is 0. The molecule has 1 amide bonds. The third kappa shape index (κ3) is 2.23. The first-order chi connectivity index (χ1) is 10.8. The lowest BCUT2D eigenvalue weighted by atomic mass is 9.85. The Morgan fingerprint density at radius 2 is 2.18 bits per heavy atom. The molecule has 1 saturated heterocycles. The first kappa shape index (κ1) is 13.8. The second-order valence-electron chi connectivity index (χ2n) is 5.77. The summed E-state index contributed by atoms with van der Waals surface area (Å²) in [5.74, 6) is -0.0369. The minimum atomic E-state index is -0.180. The van der Waals surface area contributed by atoms with E-state index >= 15 is 0 Å². The lowest BCUT2D eigenvalue weighted by Gasteiger charge is -2.43. The van der Waals surface area contributed by atoms with Crippen LogP contribution in [0.3, 0.4) is 0 Å². The molecule has 0 atom stereocenters. The van der Waals surface area contributed by atoms with Gasteiger partial charge in [0, 0.05) is 24.2 Å². The Bertz CT molecular complexity index is 678. The van der Waals surface area contributed by atoms with Crippen molar-refractivity contribution in [3.8, 4) is 0 Å². The molecule has 0 N–H and O–H groups in total. The van der Waals surface area contributed by atoms with Crippen molar-refractivity contribution in [3.05, 3.63) is 45.9 Å². The smallest absolute Gasteiger partial charge is 0.274 e. The monoisotopic (exact) mass is 315 g/mol. The van der Waals surface area contributed by atoms with Crippen LogP contribution in [0, 0.1) is 0 Å². The molecule has 6 heteroatoms. The fourth-order valence-electron chi connectivity index (χ4n) is 3.37. The van der Waals surface area contributed by atoms with Gasteiger partial charge in [0.1, 0.15) is 5.60 Å². The number of carbonyl (C=O) groups excluding carboxylic acids is 1. The Balaban J connectivity index is 1.51. The third-order valence-corrected chi connectivity index (χ3v) is 5.70. The van der Waals surface area contributed by atoms with Gasteiger partial charge in [-0.1, -0.05) is 0 Å². The number of fused-ring (bicyclic) bond motifs is 2. The van der Waals surface area contributed by atoms with Gasteiger partial charge in [-0.2, -0.15) is 5.10 Å². The highest BCUT2D eigenvalue weighted by atomic mass is 32.1. The van der Waals surface area contributed by atoms with E-state index in [0.29, 0.717) is 18.8 Å². The fourth-order valence-corrected chi connectivity index (χ4v) is 4.54. The van der Waals surface area contributed by atoms with Crippen molar-refractivity contribution >= 4 is 17.2 Å². The second-order valence-corrected chi connectivity index (χ2v) is 6.68. The standard InChI is InChI=1S/C16H17N3O2S/c20-15(13-2-1-7-17-18-13)19-8-5-16(6-9-19)14-12(3-10-21-16)4-11-22-14/h1-2,4,7,11H,3,5-6,8-10H2. The zero-order chi connectivity index (χ0) is 15.0. The first-order valence-electron chi connectivity index (χ1n) is 7.56. The van der Waals surface area contributed by atoms with E-state index in [1.165, 1.54) is 10.4 Å². The van der Waals surface area contributed by atoms with Crippen LogP contribution in [-0.4, -0.2) is 40.7 Å². The molecule has 0 radical (unpaired) electrons. The lowest BCUT2D eigenvalue weighted by Crippen LogP contribution is -2.48. The predicted molar refractivity (Wildman–Crippen MR) is 82.8 cm³/mol. The van der Waals surface area contributed by atoms with Gasteiger partial charge in [-0.25, -0.2) is 0 Å². The molecule has 2 aliphatic rings. The normalized spacial score (nSPS) is 19.9. The Labute approximate surface area is 132 Å². The molecular weight excluding hydrogens is 298 g/mol. The highest BCUT2D eigenvalue weighted by Gasteiger charge is 2.42. The molecule has 2 aromatic rings. The maximum absolute atomic E-state index is 12.5. The van der Waals surface area contributed by atoms with E-state index in [1.807, 2.05) is 4.90 Å². The molecule has 22 heavy (non-hydrogen) atoms. The Hall–Kier alpha value is -1.79. The van der Waals surface area contributed by atoms with Crippen LogP contribution in [0.2, 0.25) is 0 Å². The second kappa shape index (κ2) is 5.44.